The molecule has 22 heteroatoms. The van der Waals surface area contributed by atoms with Crippen LogP contribution in [0.3, 0.4) is 0 Å². The number of thioether (sulfide) groups is 1. The number of hydrogen-bond donors (Lipinski definition) is 2. The van der Waals surface area contributed by atoms with Crippen LogP contribution in [-0.2, 0) is 90.5 Å². The number of carbonyl (C=O) groups is 9. The van der Waals surface area contributed by atoms with Crippen molar-refractivity contribution >= 4 is 65.4 Å². The molecule has 11 atom stereocenters. The molecule has 2 fully saturated rings. The second kappa shape index (κ2) is 20.9. The average Bonchev–Trinajstić information content (AvgIpc) is 3.05. The first kappa shape index (κ1) is 46.6. The molecule has 55 heavy (non-hydrogen) atoms. The van der Waals surface area contributed by atoms with Gasteiger partial charge in [0, 0.05) is 74.7 Å². The summed E-state index contributed by atoms with van der Waals surface area (Å²) in [5.41, 5.74) is 0. The van der Waals surface area contributed by atoms with Crippen molar-refractivity contribution in [2.75, 3.05) is 26.6 Å². The summed E-state index contributed by atoms with van der Waals surface area (Å²) in [6, 6.07) is -2.60. The summed E-state index contributed by atoms with van der Waals surface area (Å²) >= 11 is 0.665. The summed E-state index contributed by atoms with van der Waals surface area (Å²) < 4.78 is 55.8. The molecule has 0 aromatic carbocycles. The summed E-state index contributed by atoms with van der Waals surface area (Å²) in [5, 5.41) is 5.14. The number of ether oxygens (including phenoxy) is 10. The Kier molecular flexibility index (Phi) is 17.8. The molecule has 2 saturated heterocycles. The number of carbonyl (C=O) groups excluding carboxylic acids is 9. The van der Waals surface area contributed by atoms with Gasteiger partial charge in [0.05, 0.1) is 13.2 Å². The Labute approximate surface area is 320 Å². The van der Waals surface area contributed by atoms with Crippen molar-refractivity contribution in [1.29, 1.82) is 0 Å². The highest BCUT2D eigenvalue weighted by Gasteiger charge is 2.60. The van der Waals surface area contributed by atoms with Crippen molar-refractivity contribution in [2.45, 2.75) is 128 Å². The van der Waals surface area contributed by atoms with Crippen molar-refractivity contribution in [3.05, 3.63) is 0 Å². The Morgan fingerprint density at radius 2 is 1.25 bits per heavy atom. The number of amides is 2. The van der Waals surface area contributed by atoms with Crippen LogP contribution in [0.5, 0.6) is 0 Å². The van der Waals surface area contributed by atoms with E-state index in [2.05, 4.69) is 10.6 Å². The van der Waals surface area contributed by atoms with Crippen molar-refractivity contribution < 1.29 is 90.5 Å². The zero-order chi connectivity index (χ0) is 41.8. The van der Waals surface area contributed by atoms with Gasteiger partial charge in [0.2, 0.25) is 16.7 Å². The van der Waals surface area contributed by atoms with E-state index in [1.807, 2.05) is 0 Å². The van der Waals surface area contributed by atoms with Crippen molar-refractivity contribution in [1.82, 2.24) is 10.6 Å². The third-order valence-corrected chi connectivity index (χ3v) is 9.22. The molecule has 310 valence electrons. The molecule has 0 aromatic heterocycles. The third-order valence-electron chi connectivity index (χ3n) is 7.83. The van der Waals surface area contributed by atoms with E-state index in [1.165, 1.54) is 14.0 Å². The lowest BCUT2D eigenvalue weighted by atomic mass is 9.89. The first-order valence-corrected chi connectivity index (χ1v) is 17.7. The fourth-order valence-corrected chi connectivity index (χ4v) is 7.42. The van der Waals surface area contributed by atoms with Crippen LogP contribution < -0.4 is 10.6 Å². The highest BCUT2D eigenvalue weighted by Crippen LogP contribution is 2.44. The molecular formula is C33H48N2O19S. The lowest BCUT2D eigenvalue weighted by molar-refractivity contribution is -0.260. The summed E-state index contributed by atoms with van der Waals surface area (Å²) in [7, 11) is 2.26. The Morgan fingerprint density at radius 3 is 1.73 bits per heavy atom. The van der Waals surface area contributed by atoms with Crippen LogP contribution in [-0.4, -0.2) is 146 Å². The van der Waals surface area contributed by atoms with E-state index < -0.39 is 133 Å². The summed E-state index contributed by atoms with van der Waals surface area (Å²) in [6.45, 7) is 7.92. The van der Waals surface area contributed by atoms with Gasteiger partial charge in [0.15, 0.2) is 30.7 Å². The Morgan fingerprint density at radius 1 is 0.709 bits per heavy atom. The fourth-order valence-electron chi connectivity index (χ4n) is 6.06. The van der Waals surface area contributed by atoms with Gasteiger partial charge in [0.1, 0.15) is 31.0 Å². The Bertz CT molecular complexity index is 1460. The molecule has 0 radical (unpaired) electrons. The van der Waals surface area contributed by atoms with Crippen LogP contribution in [0.2, 0.25) is 0 Å². The molecule has 2 N–H and O–H groups in total. The second-order valence-electron chi connectivity index (χ2n) is 12.4. The smallest absolute Gasteiger partial charge is 0.348 e. The summed E-state index contributed by atoms with van der Waals surface area (Å²) in [5.74, 6) is -7.92. The van der Waals surface area contributed by atoms with Gasteiger partial charge in [-0.1, -0.05) is 0 Å². The maximum atomic E-state index is 13.9. The van der Waals surface area contributed by atoms with Gasteiger partial charge in [0.25, 0.3) is 0 Å². The van der Waals surface area contributed by atoms with E-state index in [0.717, 1.165) is 55.6 Å². The number of hydrogen-bond acceptors (Lipinski definition) is 20. The van der Waals surface area contributed by atoms with Crippen LogP contribution in [0, 0.1) is 0 Å². The van der Waals surface area contributed by atoms with Crippen LogP contribution in [0.1, 0.15) is 61.8 Å². The molecule has 0 unspecified atom stereocenters. The highest BCUT2D eigenvalue weighted by molar-refractivity contribution is 8.01. The van der Waals surface area contributed by atoms with Gasteiger partial charge < -0.3 is 58.0 Å². The fraction of sp³-hybridized carbons (Fsp3) is 0.727. The highest BCUT2D eigenvalue weighted by atomic mass is 32.2. The minimum atomic E-state index is -2.26. The molecule has 2 amide bonds. The summed E-state index contributed by atoms with van der Waals surface area (Å²) in [4.78, 5) is 110. The van der Waals surface area contributed by atoms with E-state index in [0.29, 0.717) is 11.8 Å². The maximum absolute atomic E-state index is 13.9. The lowest BCUT2D eigenvalue weighted by Gasteiger charge is -2.49. The van der Waals surface area contributed by atoms with Crippen LogP contribution in [0.15, 0.2) is 0 Å². The van der Waals surface area contributed by atoms with E-state index in [-0.39, 0.29) is 5.75 Å². The normalized spacial score (nSPS) is 28.5. The average molecular weight is 809 g/mol. The number of nitrogens with one attached hydrogen (secondary N) is 2. The first-order valence-electron chi connectivity index (χ1n) is 16.8. The molecule has 2 aliphatic rings. The van der Waals surface area contributed by atoms with Crippen LogP contribution >= 0.6 is 11.8 Å². The number of rotatable bonds is 16. The van der Waals surface area contributed by atoms with E-state index in [1.54, 1.807) is 0 Å². The maximum Gasteiger partial charge on any atom is 0.348 e. The minimum Gasteiger partial charge on any atom is -0.466 e. The van der Waals surface area contributed by atoms with E-state index >= 15 is 0 Å². The SMILES string of the molecule is COC(=O)[C@@]1(SC[C@H]2O[C@H](OC)[C@H](NC(C)=O)[C@@H](OC(C)=O)[C@@H]2OC(C)=O)C[C@H](OC(C)=O)[C@@H](NC(C)=O)[C@H]([C@H](OC(C)=O)[C@@H](COC(C)=O)OC(C)=O)O1. The molecular weight excluding hydrogens is 760 g/mol. The molecule has 0 aliphatic carbocycles. The molecule has 0 aromatic rings. The van der Waals surface area contributed by atoms with Gasteiger partial charge in [-0.2, -0.15) is 0 Å². The number of esters is 7. The summed E-state index contributed by atoms with van der Waals surface area (Å²) in [6.07, 6.45) is -12.5. The Balaban J connectivity index is 2.82. The molecule has 0 spiro atoms. The van der Waals surface area contributed by atoms with E-state index in [9.17, 15) is 43.2 Å². The molecule has 21 nitrogen and oxygen atoms in total. The van der Waals surface area contributed by atoms with Crippen molar-refractivity contribution in [3.8, 4) is 0 Å². The van der Waals surface area contributed by atoms with Crippen molar-refractivity contribution in [3.63, 3.8) is 0 Å². The lowest BCUT2D eigenvalue weighted by Crippen LogP contribution is -2.68. The largest absolute Gasteiger partial charge is 0.466 e. The van der Waals surface area contributed by atoms with E-state index in [4.69, 9.17) is 47.4 Å². The quantitative estimate of drug-likeness (QED) is 0.140. The predicted octanol–water partition coefficient (Wildman–Crippen LogP) is -1.02. The molecule has 2 aliphatic heterocycles. The Hall–Kier alpha value is -4.54. The van der Waals surface area contributed by atoms with Crippen LogP contribution in [0.25, 0.3) is 0 Å². The third kappa shape index (κ3) is 13.6. The van der Waals surface area contributed by atoms with Crippen molar-refractivity contribution in [2.24, 2.45) is 0 Å². The molecule has 2 rings (SSSR count). The van der Waals surface area contributed by atoms with Gasteiger partial charge in [-0.05, 0) is 0 Å². The predicted molar refractivity (Wildman–Crippen MR) is 182 cm³/mol. The standard InChI is InChI=1S/C33H48N2O19S/c1-14(36)34-25-22(48-17(4)39)11-33(32(44)46-10,54-30(25)27(50-19(6)41)23(49-18(5)40)12-47-16(3)38)55-13-24-28(51-20(7)42)29(52-21(8)43)26(35-15(2)37)31(45-9)53-24/h22-31H,11-13H2,1-10H3,(H,34,36)(H,35,37)/t22-,23+,24+,25+,26+,27+,28+,29+,30+,31-,33-/m0/s1. The van der Waals surface area contributed by atoms with Gasteiger partial charge >= 0.3 is 41.8 Å². The van der Waals surface area contributed by atoms with Gasteiger partial charge in [-0.25, -0.2) is 4.79 Å². The molecule has 2 heterocycles. The molecule has 0 bridgehead atoms. The number of methoxy groups -OCH3 is 2. The first-order chi connectivity index (χ1) is 25.6. The second-order valence-corrected chi connectivity index (χ2v) is 13.7. The zero-order valence-electron chi connectivity index (χ0n) is 32.1. The van der Waals surface area contributed by atoms with Gasteiger partial charge in [-0.15, -0.1) is 11.8 Å². The zero-order valence-corrected chi connectivity index (χ0v) is 32.9. The topological polar surface area (TPSA) is 270 Å². The molecule has 0 saturated carbocycles. The monoisotopic (exact) mass is 808 g/mol. The van der Waals surface area contributed by atoms with Gasteiger partial charge in [-0.3, -0.25) is 38.4 Å². The van der Waals surface area contributed by atoms with Crippen LogP contribution in [0.4, 0.5) is 0 Å². The minimum absolute atomic E-state index is 0.374.